The molecule has 0 aliphatic carbocycles. The second-order valence-corrected chi connectivity index (χ2v) is 6.41. The fraction of sp³-hybridized carbons (Fsp3) is 0.500. The summed E-state index contributed by atoms with van der Waals surface area (Å²) < 4.78 is 27.5. The van der Waals surface area contributed by atoms with Gasteiger partial charge in [-0.25, -0.2) is 0 Å². The van der Waals surface area contributed by atoms with Crippen LogP contribution in [0.4, 0.5) is 5.69 Å². The summed E-state index contributed by atoms with van der Waals surface area (Å²) in [7, 11) is -1.79. The molecule has 0 atom stereocenters. The van der Waals surface area contributed by atoms with Gasteiger partial charge in [0.25, 0.3) is 0 Å². The van der Waals surface area contributed by atoms with Gasteiger partial charge in [-0.1, -0.05) is 12.1 Å². The minimum Gasteiger partial charge on any atom is -0.326 e. The van der Waals surface area contributed by atoms with E-state index in [1.54, 1.807) is 19.2 Å². The lowest BCUT2D eigenvalue weighted by molar-refractivity contribution is 0.476. The summed E-state index contributed by atoms with van der Waals surface area (Å²) in [5.41, 5.74) is 7.18. The first-order valence-electron chi connectivity index (χ1n) is 6.08. The van der Waals surface area contributed by atoms with Crippen molar-refractivity contribution in [3.05, 3.63) is 29.8 Å². The molecule has 1 heterocycles. The van der Waals surface area contributed by atoms with Gasteiger partial charge in [-0.3, -0.25) is 4.31 Å². The Bertz CT molecular complexity index is 493. The molecule has 6 heteroatoms. The fourth-order valence-electron chi connectivity index (χ4n) is 2.07. The maximum atomic E-state index is 12.3. The van der Waals surface area contributed by atoms with Crippen molar-refractivity contribution in [2.75, 3.05) is 24.4 Å². The van der Waals surface area contributed by atoms with E-state index in [-0.39, 0.29) is 0 Å². The van der Waals surface area contributed by atoms with Crippen LogP contribution in [0.5, 0.6) is 0 Å². The van der Waals surface area contributed by atoms with Crippen LogP contribution in [0, 0.1) is 0 Å². The van der Waals surface area contributed by atoms with Crippen molar-refractivity contribution < 1.29 is 8.42 Å². The van der Waals surface area contributed by atoms with Gasteiger partial charge in [-0.15, -0.1) is 0 Å². The molecule has 0 radical (unpaired) electrons. The van der Waals surface area contributed by atoms with E-state index in [4.69, 9.17) is 5.73 Å². The summed E-state index contributed by atoms with van der Waals surface area (Å²) in [6.07, 6.45) is 1.89. The summed E-state index contributed by atoms with van der Waals surface area (Å²) in [4.78, 5) is 0. The summed E-state index contributed by atoms with van der Waals surface area (Å²) in [5, 5.41) is 0. The molecule has 1 saturated heterocycles. The third-order valence-electron chi connectivity index (χ3n) is 3.27. The van der Waals surface area contributed by atoms with Gasteiger partial charge in [0, 0.05) is 26.7 Å². The number of nitrogens with zero attached hydrogens (tertiary/aromatic N) is 2. The molecule has 0 amide bonds. The molecule has 1 fully saturated rings. The SMILES string of the molecule is CN(c1ccc(CN)cc1)S(=O)(=O)N1CCCC1. The van der Waals surface area contributed by atoms with E-state index >= 15 is 0 Å². The molecule has 2 rings (SSSR count). The monoisotopic (exact) mass is 269 g/mol. The lowest BCUT2D eigenvalue weighted by Crippen LogP contribution is -2.40. The van der Waals surface area contributed by atoms with E-state index in [2.05, 4.69) is 0 Å². The highest BCUT2D eigenvalue weighted by atomic mass is 32.2. The van der Waals surface area contributed by atoms with Crippen molar-refractivity contribution in [2.45, 2.75) is 19.4 Å². The van der Waals surface area contributed by atoms with Crippen LogP contribution in [0.25, 0.3) is 0 Å². The Morgan fingerprint density at radius 2 is 1.78 bits per heavy atom. The zero-order valence-electron chi connectivity index (χ0n) is 10.5. The highest BCUT2D eigenvalue weighted by molar-refractivity contribution is 7.90. The first-order chi connectivity index (χ1) is 8.55. The lowest BCUT2D eigenvalue weighted by Gasteiger charge is -2.25. The average Bonchev–Trinajstić information content (AvgIpc) is 2.92. The molecular formula is C12H19N3O2S. The molecule has 0 saturated carbocycles. The van der Waals surface area contributed by atoms with Crippen LogP contribution in [0.3, 0.4) is 0 Å². The van der Waals surface area contributed by atoms with Crippen molar-refractivity contribution in [1.29, 1.82) is 0 Å². The Labute approximate surface area is 108 Å². The number of benzene rings is 1. The van der Waals surface area contributed by atoms with Crippen molar-refractivity contribution in [2.24, 2.45) is 5.73 Å². The van der Waals surface area contributed by atoms with E-state index in [1.807, 2.05) is 12.1 Å². The number of nitrogens with two attached hydrogens (primary N) is 1. The Kier molecular flexibility index (Phi) is 3.89. The van der Waals surface area contributed by atoms with Crippen LogP contribution in [0.15, 0.2) is 24.3 Å². The average molecular weight is 269 g/mol. The molecule has 0 aromatic heterocycles. The van der Waals surface area contributed by atoms with Gasteiger partial charge in [0.15, 0.2) is 0 Å². The van der Waals surface area contributed by atoms with Crippen LogP contribution in [0.1, 0.15) is 18.4 Å². The van der Waals surface area contributed by atoms with E-state index in [0.29, 0.717) is 25.3 Å². The topological polar surface area (TPSA) is 66.6 Å². The Hall–Kier alpha value is -1.11. The van der Waals surface area contributed by atoms with Gasteiger partial charge in [-0.05, 0) is 30.5 Å². The number of rotatable bonds is 4. The van der Waals surface area contributed by atoms with Gasteiger partial charge in [0.1, 0.15) is 0 Å². The largest absolute Gasteiger partial charge is 0.326 e. The fourth-order valence-corrected chi connectivity index (χ4v) is 3.52. The highest BCUT2D eigenvalue weighted by Gasteiger charge is 2.29. The first-order valence-corrected chi connectivity index (χ1v) is 7.48. The van der Waals surface area contributed by atoms with E-state index in [9.17, 15) is 8.42 Å². The van der Waals surface area contributed by atoms with Crippen molar-refractivity contribution in [3.63, 3.8) is 0 Å². The first kappa shape index (κ1) is 13.3. The maximum absolute atomic E-state index is 12.3. The van der Waals surface area contributed by atoms with Crippen molar-refractivity contribution in [1.82, 2.24) is 4.31 Å². The van der Waals surface area contributed by atoms with Gasteiger partial charge in [-0.2, -0.15) is 12.7 Å². The van der Waals surface area contributed by atoms with Crippen LogP contribution >= 0.6 is 0 Å². The molecule has 1 aliphatic rings. The molecule has 1 aliphatic heterocycles. The highest BCUT2D eigenvalue weighted by Crippen LogP contribution is 2.22. The van der Waals surface area contributed by atoms with Crippen molar-refractivity contribution >= 4 is 15.9 Å². The molecule has 1 aromatic rings. The third kappa shape index (κ3) is 2.50. The molecular weight excluding hydrogens is 250 g/mol. The number of hydrogen-bond acceptors (Lipinski definition) is 3. The number of hydrogen-bond donors (Lipinski definition) is 1. The standard InChI is InChI=1S/C12H19N3O2S/c1-14(12-6-4-11(10-13)5-7-12)18(16,17)15-8-2-3-9-15/h4-7H,2-3,8-10,13H2,1H3. The second kappa shape index (κ2) is 5.26. The predicted octanol–water partition coefficient (Wildman–Crippen LogP) is 0.922. The molecule has 0 bridgehead atoms. The van der Waals surface area contributed by atoms with Crippen LogP contribution < -0.4 is 10.0 Å². The minimum atomic E-state index is -3.38. The van der Waals surface area contributed by atoms with E-state index in [1.165, 1.54) is 8.61 Å². The third-order valence-corrected chi connectivity index (χ3v) is 5.19. The van der Waals surface area contributed by atoms with Gasteiger partial charge in [0.05, 0.1) is 5.69 Å². The van der Waals surface area contributed by atoms with Gasteiger partial charge in [0.2, 0.25) is 0 Å². The molecule has 18 heavy (non-hydrogen) atoms. The maximum Gasteiger partial charge on any atom is 0.303 e. The minimum absolute atomic E-state index is 0.461. The van der Waals surface area contributed by atoms with Crippen molar-refractivity contribution in [3.8, 4) is 0 Å². The summed E-state index contributed by atoms with van der Waals surface area (Å²) >= 11 is 0. The summed E-state index contributed by atoms with van der Waals surface area (Å²) in [6.45, 7) is 1.70. The van der Waals surface area contributed by atoms with Crippen LogP contribution in [-0.2, 0) is 16.8 Å². The van der Waals surface area contributed by atoms with E-state index in [0.717, 1.165) is 18.4 Å². The molecule has 5 nitrogen and oxygen atoms in total. The molecule has 0 unspecified atom stereocenters. The van der Waals surface area contributed by atoms with Crippen LogP contribution in [0.2, 0.25) is 0 Å². The Morgan fingerprint density at radius 1 is 1.22 bits per heavy atom. The molecule has 2 N–H and O–H groups in total. The summed E-state index contributed by atoms with van der Waals surface area (Å²) in [6, 6.07) is 7.28. The quantitative estimate of drug-likeness (QED) is 0.884. The van der Waals surface area contributed by atoms with E-state index < -0.39 is 10.2 Å². The number of anilines is 1. The van der Waals surface area contributed by atoms with Gasteiger partial charge < -0.3 is 5.73 Å². The van der Waals surface area contributed by atoms with Gasteiger partial charge >= 0.3 is 10.2 Å². The zero-order chi connectivity index (χ0) is 13.2. The van der Waals surface area contributed by atoms with Crippen LogP contribution in [-0.4, -0.2) is 32.9 Å². The molecule has 100 valence electrons. The summed E-state index contributed by atoms with van der Waals surface area (Å²) in [5.74, 6) is 0. The molecule has 1 aromatic carbocycles. The second-order valence-electron chi connectivity index (χ2n) is 4.45. The zero-order valence-corrected chi connectivity index (χ0v) is 11.4. The Balaban J connectivity index is 2.21. The smallest absolute Gasteiger partial charge is 0.303 e. The Morgan fingerprint density at radius 3 is 2.28 bits per heavy atom. The molecule has 0 spiro atoms. The lowest BCUT2D eigenvalue weighted by atomic mass is 10.2. The predicted molar refractivity (Wildman–Crippen MR) is 72.5 cm³/mol. The normalized spacial score (nSPS) is 17.0.